The summed E-state index contributed by atoms with van der Waals surface area (Å²) in [4.78, 5) is 25.4. The zero-order valence-electron chi connectivity index (χ0n) is 10.3. The van der Waals surface area contributed by atoms with Gasteiger partial charge >= 0.3 is 6.03 Å². The van der Waals surface area contributed by atoms with E-state index >= 15 is 0 Å². The lowest BCUT2D eigenvalue weighted by molar-refractivity contribution is -0.384. The van der Waals surface area contributed by atoms with E-state index in [1.165, 1.54) is 18.3 Å². The van der Waals surface area contributed by atoms with Gasteiger partial charge in [0.05, 0.1) is 15.6 Å². The predicted molar refractivity (Wildman–Crippen MR) is 74.9 cm³/mol. The van der Waals surface area contributed by atoms with Crippen LogP contribution in [0.1, 0.15) is 0 Å². The molecule has 108 valence electrons. The van der Waals surface area contributed by atoms with Gasteiger partial charge in [-0.25, -0.2) is 14.2 Å². The minimum atomic E-state index is -0.792. The summed E-state index contributed by atoms with van der Waals surface area (Å²) in [6.45, 7) is 0. The number of urea groups is 1. The third-order valence-corrected chi connectivity index (χ3v) is 2.60. The molecule has 0 aliphatic carbocycles. The van der Waals surface area contributed by atoms with E-state index in [4.69, 9.17) is 11.6 Å². The molecule has 0 aliphatic rings. The summed E-state index contributed by atoms with van der Waals surface area (Å²) in [7, 11) is 0. The maximum Gasteiger partial charge on any atom is 0.324 e. The Morgan fingerprint density at radius 3 is 2.67 bits per heavy atom. The van der Waals surface area contributed by atoms with Gasteiger partial charge in [-0.05, 0) is 18.2 Å². The number of nitro groups is 1. The summed E-state index contributed by atoms with van der Waals surface area (Å²) >= 11 is 5.64. The van der Waals surface area contributed by atoms with Crippen molar-refractivity contribution in [2.24, 2.45) is 0 Å². The molecule has 1 aromatic heterocycles. The zero-order chi connectivity index (χ0) is 15.4. The minimum absolute atomic E-state index is 0.197. The third-order valence-electron chi connectivity index (χ3n) is 2.38. The van der Waals surface area contributed by atoms with E-state index in [-0.39, 0.29) is 17.2 Å². The molecule has 2 rings (SSSR count). The van der Waals surface area contributed by atoms with Gasteiger partial charge in [0.25, 0.3) is 5.69 Å². The number of anilines is 2. The Hall–Kier alpha value is -2.74. The van der Waals surface area contributed by atoms with Crippen LogP contribution in [0, 0.1) is 15.9 Å². The van der Waals surface area contributed by atoms with Crippen molar-refractivity contribution in [2.75, 3.05) is 10.6 Å². The Morgan fingerprint density at radius 1 is 1.29 bits per heavy atom. The third kappa shape index (κ3) is 3.86. The number of nitrogens with zero attached hydrogens (tertiary/aromatic N) is 2. The molecule has 0 spiro atoms. The first-order valence-electron chi connectivity index (χ1n) is 5.59. The molecule has 1 aromatic carbocycles. The van der Waals surface area contributed by atoms with Gasteiger partial charge in [-0.1, -0.05) is 11.6 Å². The number of nitro benzene ring substituents is 1. The topological polar surface area (TPSA) is 97.2 Å². The lowest BCUT2D eigenvalue weighted by atomic mass is 10.2. The summed E-state index contributed by atoms with van der Waals surface area (Å²) in [6, 6.07) is 4.99. The smallest absolute Gasteiger partial charge is 0.305 e. The molecule has 0 saturated heterocycles. The SMILES string of the molecule is O=C(Nc1ccc(Cl)cn1)Nc1cc([N+](=O)[O-])ccc1F. The van der Waals surface area contributed by atoms with Gasteiger partial charge in [0.1, 0.15) is 11.6 Å². The van der Waals surface area contributed by atoms with Gasteiger partial charge in [0, 0.05) is 18.3 Å². The second-order valence-electron chi connectivity index (χ2n) is 3.86. The number of hydrogen-bond acceptors (Lipinski definition) is 4. The molecule has 0 bridgehead atoms. The lowest BCUT2D eigenvalue weighted by Crippen LogP contribution is -2.20. The average Bonchev–Trinajstić information content (AvgIpc) is 2.43. The first kappa shape index (κ1) is 14.7. The highest BCUT2D eigenvalue weighted by Crippen LogP contribution is 2.21. The number of non-ortho nitro benzene ring substituents is 1. The van der Waals surface area contributed by atoms with Crippen molar-refractivity contribution >= 4 is 34.8 Å². The van der Waals surface area contributed by atoms with Crippen molar-refractivity contribution in [3.05, 3.63) is 57.5 Å². The molecule has 0 aliphatic heterocycles. The lowest BCUT2D eigenvalue weighted by Gasteiger charge is -2.07. The molecular formula is C12H8ClFN4O3. The Labute approximate surface area is 122 Å². The summed E-state index contributed by atoms with van der Waals surface area (Å²) in [6.07, 6.45) is 1.32. The van der Waals surface area contributed by atoms with Crippen LogP contribution < -0.4 is 10.6 Å². The van der Waals surface area contributed by atoms with Crippen molar-refractivity contribution < 1.29 is 14.1 Å². The van der Waals surface area contributed by atoms with Gasteiger partial charge in [-0.3, -0.25) is 15.4 Å². The van der Waals surface area contributed by atoms with Gasteiger partial charge in [-0.2, -0.15) is 0 Å². The van der Waals surface area contributed by atoms with Gasteiger partial charge < -0.3 is 5.32 Å². The molecule has 0 atom stereocenters. The van der Waals surface area contributed by atoms with Crippen LogP contribution in [0.3, 0.4) is 0 Å². The fourth-order valence-electron chi connectivity index (χ4n) is 1.44. The average molecular weight is 311 g/mol. The Kier molecular flexibility index (Phi) is 4.29. The summed E-state index contributed by atoms with van der Waals surface area (Å²) in [5, 5.41) is 15.5. The molecule has 0 saturated carbocycles. The van der Waals surface area contributed by atoms with Crippen LogP contribution >= 0.6 is 11.6 Å². The molecule has 2 N–H and O–H groups in total. The second-order valence-corrected chi connectivity index (χ2v) is 4.30. The van der Waals surface area contributed by atoms with Crippen LogP contribution in [-0.2, 0) is 0 Å². The number of nitrogens with one attached hydrogen (secondary N) is 2. The number of halogens is 2. The molecule has 1 heterocycles. The van der Waals surface area contributed by atoms with Crippen molar-refractivity contribution in [2.45, 2.75) is 0 Å². The van der Waals surface area contributed by atoms with Gasteiger partial charge in [0.2, 0.25) is 0 Å². The van der Waals surface area contributed by atoms with Gasteiger partial charge in [0.15, 0.2) is 0 Å². The molecule has 2 aromatic rings. The number of hydrogen-bond donors (Lipinski definition) is 2. The number of pyridine rings is 1. The van der Waals surface area contributed by atoms with Gasteiger partial charge in [-0.15, -0.1) is 0 Å². The first-order valence-corrected chi connectivity index (χ1v) is 5.97. The molecular weight excluding hydrogens is 303 g/mol. The number of aromatic nitrogens is 1. The number of carbonyl (C=O) groups excluding carboxylic acids is 1. The van der Waals surface area contributed by atoms with E-state index in [2.05, 4.69) is 15.6 Å². The van der Waals surface area contributed by atoms with Crippen LogP contribution in [-0.4, -0.2) is 15.9 Å². The van der Waals surface area contributed by atoms with Crippen LogP contribution in [0.4, 0.5) is 26.4 Å². The van der Waals surface area contributed by atoms with E-state index in [1.807, 2.05) is 0 Å². The molecule has 21 heavy (non-hydrogen) atoms. The molecule has 0 radical (unpaired) electrons. The molecule has 2 amide bonds. The second kappa shape index (κ2) is 6.14. The molecule has 9 heteroatoms. The highest BCUT2D eigenvalue weighted by Gasteiger charge is 2.13. The zero-order valence-corrected chi connectivity index (χ0v) is 11.1. The van der Waals surface area contributed by atoms with E-state index in [9.17, 15) is 19.3 Å². The maximum absolute atomic E-state index is 13.5. The van der Waals surface area contributed by atoms with Crippen molar-refractivity contribution in [3.8, 4) is 0 Å². The van der Waals surface area contributed by atoms with Crippen LogP contribution in [0.2, 0.25) is 5.02 Å². The number of amides is 2. The number of rotatable bonds is 3. The van der Waals surface area contributed by atoms with Crippen molar-refractivity contribution in [1.82, 2.24) is 4.98 Å². The highest BCUT2D eigenvalue weighted by molar-refractivity contribution is 6.30. The Bertz CT molecular complexity index is 693. The monoisotopic (exact) mass is 310 g/mol. The van der Waals surface area contributed by atoms with E-state index < -0.39 is 16.8 Å². The van der Waals surface area contributed by atoms with Crippen molar-refractivity contribution in [3.63, 3.8) is 0 Å². The van der Waals surface area contributed by atoms with E-state index in [0.717, 1.165) is 18.2 Å². The summed E-state index contributed by atoms with van der Waals surface area (Å²) in [5.41, 5.74) is -0.646. The van der Waals surface area contributed by atoms with E-state index in [0.29, 0.717) is 5.02 Å². The fourth-order valence-corrected chi connectivity index (χ4v) is 1.55. The standard InChI is InChI=1S/C12H8ClFN4O3/c13-7-1-4-11(15-6-7)17-12(19)16-10-5-8(18(20)21)2-3-9(10)14/h1-6H,(H2,15,16,17,19). The van der Waals surface area contributed by atoms with Crippen molar-refractivity contribution in [1.29, 1.82) is 0 Å². The number of benzene rings is 1. The first-order chi connectivity index (χ1) is 9.95. The minimum Gasteiger partial charge on any atom is -0.305 e. The molecule has 0 fully saturated rings. The van der Waals surface area contributed by atoms with Crippen LogP contribution in [0.25, 0.3) is 0 Å². The Balaban J connectivity index is 2.10. The Morgan fingerprint density at radius 2 is 2.05 bits per heavy atom. The van der Waals surface area contributed by atoms with Crippen LogP contribution in [0.5, 0.6) is 0 Å². The molecule has 7 nitrogen and oxygen atoms in total. The number of carbonyl (C=O) groups is 1. The predicted octanol–water partition coefficient (Wildman–Crippen LogP) is 3.43. The summed E-state index contributed by atoms with van der Waals surface area (Å²) in [5.74, 6) is -0.595. The largest absolute Gasteiger partial charge is 0.324 e. The quantitative estimate of drug-likeness (QED) is 0.670. The highest BCUT2D eigenvalue weighted by atomic mass is 35.5. The maximum atomic E-state index is 13.5. The van der Waals surface area contributed by atoms with Crippen LogP contribution in [0.15, 0.2) is 36.5 Å². The van der Waals surface area contributed by atoms with E-state index in [1.54, 1.807) is 0 Å². The fraction of sp³-hybridized carbons (Fsp3) is 0. The molecule has 0 unspecified atom stereocenters. The normalized spacial score (nSPS) is 10.0. The summed E-state index contributed by atoms with van der Waals surface area (Å²) < 4.78 is 13.5.